The highest BCUT2D eigenvalue weighted by Crippen LogP contribution is 2.31. The first-order valence-corrected chi connectivity index (χ1v) is 13.3. The second-order valence-corrected chi connectivity index (χ2v) is 8.86. The van der Waals surface area contributed by atoms with E-state index in [1.54, 1.807) is 41.9 Å². The van der Waals surface area contributed by atoms with Gasteiger partial charge < -0.3 is 5.32 Å². The molecule has 1 unspecified atom stereocenters. The van der Waals surface area contributed by atoms with Crippen molar-refractivity contribution in [1.29, 1.82) is 0 Å². The maximum atomic E-state index is 12.5. The molecular formula is C23H28Cl2N2O2S2. The number of aryl methyl sites for hydroxylation is 1. The fraction of sp³-hybridized carbons (Fsp3) is 0.304. The van der Waals surface area contributed by atoms with E-state index in [1.165, 1.54) is 6.07 Å². The molecule has 0 saturated carbocycles. The maximum absolute atomic E-state index is 12.5. The molecule has 3 aromatic rings. The second kappa shape index (κ2) is 13.6. The van der Waals surface area contributed by atoms with Gasteiger partial charge in [0.2, 0.25) is 0 Å². The van der Waals surface area contributed by atoms with Crippen LogP contribution in [0.3, 0.4) is 0 Å². The molecule has 0 aliphatic carbocycles. The minimum atomic E-state index is -1.16. The molecule has 1 aromatic heterocycles. The van der Waals surface area contributed by atoms with Crippen LogP contribution in [0.4, 0.5) is 5.69 Å². The number of hydrogen-bond donors (Lipinski definition) is 1. The largest absolute Gasteiger partial charge is 0.322 e. The van der Waals surface area contributed by atoms with Crippen LogP contribution in [-0.2, 0) is 17.2 Å². The van der Waals surface area contributed by atoms with Crippen LogP contribution >= 0.6 is 34.5 Å². The van der Waals surface area contributed by atoms with Gasteiger partial charge in [-0.05, 0) is 42.8 Å². The van der Waals surface area contributed by atoms with E-state index in [1.807, 2.05) is 39.1 Å². The molecule has 1 N–H and O–H groups in total. The number of carbonyl (C=O) groups excluding carboxylic acids is 1. The molecule has 1 heterocycles. The van der Waals surface area contributed by atoms with Crippen molar-refractivity contribution in [2.24, 2.45) is 0 Å². The Bertz CT molecular complexity index is 1040. The number of anilines is 1. The highest BCUT2D eigenvalue weighted by Gasteiger charge is 2.14. The fourth-order valence-corrected chi connectivity index (χ4v) is 4.35. The normalized spacial score (nSPS) is 10.8. The van der Waals surface area contributed by atoms with Crippen LogP contribution in [0.25, 0.3) is 11.3 Å². The Kier molecular flexibility index (Phi) is 12.0. The predicted octanol–water partition coefficient (Wildman–Crippen LogP) is 7.72. The number of nitrogens with one attached hydrogen (secondary N) is 1. The summed E-state index contributed by atoms with van der Waals surface area (Å²) >= 11 is 14.1. The summed E-state index contributed by atoms with van der Waals surface area (Å²) in [7, 11) is -1.16. The molecule has 2 aromatic carbocycles. The van der Waals surface area contributed by atoms with E-state index < -0.39 is 10.8 Å². The summed E-state index contributed by atoms with van der Waals surface area (Å²) in [6.07, 6.45) is 2.43. The molecule has 0 fully saturated rings. The lowest BCUT2D eigenvalue weighted by Crippen LogP contribution is -2.12. The highest BCUT2D eigenvalue weighted by molar-refractivity contribution is 7.84. The predicted molar refractivity (Wildman–Crippen MR) is 136 cm³/mol. The van der Waals surface area contributed by atoms with Crippen LogP contribution in [0.2, 0.25) is 10.0 Å². The minimum absolute atomic E-state index is 0.248. The number of carbonyl (C=O) groups is 1. The van der Waals surface area contributed by atoms with Gasteiger partial charge in [0.15, 0.2) is 0 Å². The van der Waals surface area contributed by atoms with Crippen LogP contribution in [0.5, 0.6) is 0 Å². The number of hydrogen-bond acceptors (Lipinski definition) is 4. The first-order chi connectivity index (χ1) is 14.9. The molecular weight excluding hydrogens is 471 g/mol. The Hall–Kier alpha value is -1.73. The standard InChI is InChI=1S/C19H16Cl2N2O2S2.2C2H6/c1-3-18-23-17(10-26-18)13-6-4-11(8-15(13)20)22-19(24)14-7-5-12(27(2)25)9-16(14)21;2*1-2/h4-10H,3H2,1-2H3,(H,22,24);2*1-2H3. The van der Waals surface area contributed by atoms with Crippen LogP contribution in [0.15, 0.2) is 46.7 Å². The molecule has 168 valence electrons. The number of benzene rings is 2. The SMILES string of the molecule is CC.CC.CCc1nc(-c2ccc(NC(=O)c3ccc(S(C)=O)cc3Cl)cc2Cl)cs1. The molecule has 31 heavy (non-hydrogen) atoms. The van der Waals surface area contributed by atoms with Gasteiger partial charge in [0, 0.05) is 38.6 Å². The third-order valence-corrected chi connectivity index (χ3v) is 6.41. The van der Waals surface area contributed by atoms with E-state index in [9.17, 15) is 9.00 Å². The van der Waals surface area contributed by atoms with E-state index in [0.717, 1.165) is 22.7 Å². The second-order valence-electron chi connectivity index (χ2n) is 5.72. The molecule has 1 amide bonds. The molecule has 0 bridgehead atoms. The number of rotatable bonds is 5. The van der Waals surface area contributed by atoms with Crippen molar-refractivity contribution in [3.8, 4) is 11.3 Å². The van der Waals surface area contributed by atoms with Gasteiger partial charge in [-0.15, -0.1) is 11.3 Å². The zero-order chi connectivity index (χ0) is 23.6. The summed E-state index contributed by atoms with van der Waals surface area (Å²) in [6, 6.07) is 10.0. The van der Waals surface area contributed by atoms with Crippen molar-refractivity contribution in [2.75, 3.05) is 11.6 Å². The quantitative estimate of drug-likeness (QED) is 0.391. The van der Waals surface area contributed by atoms with Gasteiger partial charge in [-0.2, -0.15) is 0 Å². The molecule has 0 radical (unpaired) electrons. The molecule has 3 rings (SSSR count). The summed E-state index contributed by atoms with van der Waals surface area (Å²) in [5, 5.41) is 6.55. The van der Waals surface area contributed by atoms with Gasteiger partial charge >= 0.3 is 0 Å². The Morgan fingerprint density at radius 2 is 1.74 bits per heavy atom. The topological polar surface area (TPSA) is 59.1 Å². The number of halogens is 2. The van der Waals surface area contributed by atoms with Crippen molar-refractivity contribution in [2.45, 2.75) is 45.9 Å². The summed E-state index contributed by atoms with van der Waals surface area (Å²) in [5.41, 5.74) is 2.50. The molecule has 0 aliphatic rings. The number of amides is 1. The van der Waals surface area contributed by atoms with Gasteiger partial charge in [0.1, 0.15) is 0 Å². The number of thiazole rings is 1. The van der Waals surface area contributed by atoms with Crippen molar-refractivity contribution in [3.05, 3.63) is 62.4 Å². The van der Waals surface area contributed by atoms with Crippen LogP contribution < -0.4 is 5.32 Å². The summed E-state index contributed by atoms with van der Waals surface area (Å²) < 4.78 is 11.5. The lowest BCUT2D eigenvalue weighted by atomic mass is 10.1. The number of aromatic nitrogens is 1. The Morgan fingerprint density at radius 3 is 2.26 bits per heavy atom. The van der Waals surface area contributed by atoms with Crippen molar-refractivity contribution < 1.29 is 9.00 Å². The molecule has 0 saturated heterocycles. The van der Waals surface area contributed by atoms with Gasteiger partial charge in [0.05, 0.1) is 26.3 Å². The van der Waals surface area contributed by atoms with E-state index in [2.05, 4.69) is 17.2 Å². The zero-order valence-electron chi connectivity index (χ0n) is 18.6. The highest BCUT2D eigenvalue weighted by atomic mass is 35.5. The van der Waals surface area contributed by atoms with E-state index in [4.69, 9.17) is 23.2 Å². The van der Waals surface area contributed by atoms with Crippen LogP contribution in [0, 0.1) is 0 Å². The van der Waals surface area contributed by atoms with E-state index in [0.29, 0.717) is 21.2 Å². The molecule has 0 aliphatic heterocycles. The Morgan fingerprint density at radius 1 is 1.06 bits per heavy atom. The third kappa shape index (κ3) is 7.42. The first-order valence-electron chi connectivity index (χ1n) is 10.1. The molecule has 1 atom stereocenters. The van der Waals surface area contributed by atoms with E-state index >= 15 is 0 Å². The van der Waals surface area contributed by atoms with Gasteiger partial charge in [-0.1, -0.05) is 57.8 Å². The molecule has 0 spiro atoms. The summed E-state index contributed by atoms with van der Waals surface area (Å²) in [6.45, 7) is 10.1. The van der Waals surface area contributed by atoms with Crippen molar-refractivity contribution in [1.82, 2.24) is 4.98 Å². The zero-order valence-corrected chi connectivity index (χ0v) is 21.7. The van der Waals surface area contributed by atoms with Gasteiger partial charge in [-0.3, -0.25) is 9.00 Å². The smallest absolute Gasteiger partial charge is 0.257 e. The average molecular weight is 500 g/mol. The summed E-state index contributed by atoms with van der Waals surface area (Å²) in [5.74, 6) is -0.362. The Labute approximate surface area is 201 Å². The molecule has 4 nitrogen and oxygen atoms in total. The fourth-order valence-electron chi connectivity index (χ4n) is 2.45. The van der Waals surface area contributed by atoms with Gasteiger partial charge in [0.25, 0.3) is 5.91 Å². The Balaban J connectivity index is 0.00000113. The first kappa shape index (κ1) is 27.3. The van der Waals surface area contributed by atoms with Gasteiger partial charge in [-0.25, -0.2) is 4.98 Å². The molecule has 8 heteroatoms. The lowest BCUT2D eigenvalue weighted by Gasteiger charge is -2.09. The van der Waals surface area contributed by atoms with Crippen LogP contribution in [-0.4, -0.2) is 21.4 Å². The summed E-state index contributed by atoms with van der Waals surface area (Å²) in [4.78, 5) is 17.6. The van der Waals surface area contributed by atoms with E-state index in [-0.39, 0.29) is 10.9 Å². The maximum Gasteiger partial charge on any atom is 0.257 e. The van der Waals surface area contributed by atoms with Crippen molar-refractivity contribution in [3.63, 3.8) is 0 Å². The average Bonchev–Trinajstić information content (AvgIpc) is 3.25. The lowest BCUT2D eigenvalue weighted by molar-refractivity contribution is 0.102. The van der Waals surface area contributed by atoms with Crippen LogP contribution in [0.1, 0.15) is 50.0 Å². The van der Waals surface area contributed by atoms with Crippen molar-refractivity contribution >= 4 is 56.9 Å². The minimum Gasteiger partial charge on any atom is -0.322 e. The number of nitrogens with zero attached hydrogens (tertiary/aromatic N) is 1. The third-order valence-electron chi connectivity index (χ3n) is 3.87. The monoisotopic (exact) mass is 498 g/mol.